The molecule has 0 aliphatic heterocycles. The molecule has 0 bridgehead atoms. The molecule has 1 aliphatic carbocycles. The summed E-state index contributed by atoms with van der Waals surface area (Å²) in [5.41, 5.74) is 1.33. The van der Waals surface area contributed by atoms with E-state index in [2.05, 4.69) is 53.8 Å². The number of pyridine rings is 1. The molecule has 0 radical (unpaired) electrons. The van der Waals surface area contributed by atoms with Gasteiger partial charge in [-0.25, -0.2) is 0 Å². The van der Waals surface area contributed by atoms with Gasteiger partial charge in [-0.05, 0) is 71.0 Å². The van der Waals surface area contributed by atoms with Crippen LogP contribution in [0.1, 0.15) is 52.0 Å². The molecule has 2 nitrogen and oxygen atoms in total. The molecule has 0 amide bonds. The maximum Gasteiger partial charge on any atom is 0.0693 e. The summed E-state index contributed by atoms with van der Waals surface area (Å²) < 4.78 is 0.992. The topological polar surface area (TPSA) is 36.7 Å². The number of nitriles is 1. The van der Waals surface area contributed by atoms with E-state index in [9.17, 15) is 5.26 Å². The van der Waals surface area contributed by atoms with E-state index < -0.39 is 0 Å². The summed E-state index contributed by atoms with van der Waals surface area (Å²) in [6, 6.07) is 4.70. The lowest BCUT2D eigenvalue weighted by molar-refractivity contribution is 0.120. The van der Waals surface area contributed by atoms with Gasteiger partial charge in [0.2, 0.25) is 0 Å². The standard InChI is InChI=1S/C17H23BrN2/c1-16(2,3)14-4-6-17(12-19,7-5-14)9-13-8-15(18)11-20-10-13/h8,10-11,14H,4-7,9H2,1-3H3. The van der Waals surface area contributed by atoms with Gasteiger partial charge in [0.1, 0.15) is 0 Å². The van der Waals surface area contributed by atoms with E-state index in [1.54, 1.807) is 6.20 Å². The van der Waals surface area contributed by atoms with Gasteiger partial charge >= 0.3 is 0 Å². The molecule has 0 aromatic carbocycles. The first-order valence-corrected chi connectivity index (χ1v) is 8.15. The minimum atomic E-state index is -0.190. The molecule has 2 rings (SSSR count). The SMILES string of the molecule is CC(C)(C)C1CCC(C#N)(Cc2cncc(Br)c2)CC1. The molecule has 1 fully saturated rings. The van der Waals surface area contributed by atoms with Crippen molar-refractivity contribution in [2.45, 2.75) is 52.9 Å². The fourth-order valence-electron chi connectivity index (χ4n) is 3.31. The van der Waals surface area contributed by atoms with Gasteiger partial charge in [0.05, 0.1) is 11.5 Å². The number of halogens is 1. The van der Waals surface area contributed by atoms with E-state index >= 15 is 0 Å². The van der Waals surface area contributed by atoms with Crippen molar-refractivity contribution in [1.29, 1.82) is 5.26 Å². The number of hydrogen-bond acceptors (Lipinski definition) is 2. The van der Waals surface area contributed by atoms with E-state index in [4.69, 9.17) is 0 Å². The van der Waals surface area contributed by atoms with Crippen LogP contribution in [0.3, 0.4) is 0 Å². The van der Waals surface area contributed by atoms with Crippen LogP contribution >= 0.6 is 15.9 Å². The molecule has 1 aromatic rings. The van der Waals surface area contributed by atoms with Gasteiger partial charge in [-0.1, -0.05) is 20.8 Å². The van der Waals surface area contributed by atoms with Crippen LogP contribution in [0, 0.1) is 28.1 Å². The van der Waals surface area contributed by atoms with Crippen LogP contribution < -0.4 is 0 Å². The lowest BCUT2D eigenvalue weighted by Crippen LogP contribution is -2.33. The fourth-order valence-corrected chi connectivity index (χ4v) is 3.72. The molecular formula is C17H23BrN2. The van der Waals surface area contributed by atoms with Crippen molar-refractivity contribution in [3.05, 3.63) is 28.5 Å². The second-order valence-corrected chi connectivity index (χ2v) is 8.14. The molecule has 1 saturated carbocycles. The molecule has 0 unspecified atom stereocenters. The zero-order valence-electron chi connectivity index (χ0n) is 12.6. The minimum absolute atomic E-state index is 0.190. The van der Waals surface area contributed by atoms with Crippen molar-refractivity contribution in [3.8, 4) is 6.07 Å². The van der Waals surface area contributed by atoms with Gasteiger partial charge in [-0.2, -0.15) is 5.26 Å². The number of hydrogen-bond donors (Lipinski definition) is 0. The molecule has 1 aromatic heterocycles. The van der Waals surface area contributed by atoms with Gasteiger partial charge in [-0.15, -0.1) is 0 Å². The van der Waals surface area contributed by atoms with E-state index in [0.29, 0.717) is 5.41 Å². The third-order valence-corrected chi connectivity index (χ3v) is 5.14. The van der Waals surface area contributed by atoms with E-state index in [-0.39, 0.29) is 5.41 Å². The number of rotatable bonds is 2. The summed E-state index contributed by atoms with van der Waals surface area (Å²) in [6.45, 7) is 6.94. The van der Waals surface area contributed by atoms with Gasteiger partial charge in [0.15, 0.2) is 0 Å². The Morgan fingerprint density at radius 2 is 2.00 bits per heavy atom. The lowest BCUT2D eigenvalue weighted by atomic mass is 9.63. The van der Waals surface area contributed by atoms with Crippen LogP contribution in [-0.2, 0) is 6.42 Å². The highest BCUT2D eigenvalue weighted by Gasteiger charge is 2.39. The molecular weight excluding hydrogens is 312 g/mol. The maximum atomic E-state index is 9.68. The predicted molar refractivity (Wildman–Crippen MR) is 85.1 cm³/mol. The van der Waals surface area contributed by atoms with Crippen molar-refractivity contribution in [2.24, 2.45) is 16.7 Å². The first kappa shape index (κ1) is 15.5. The molecule has 1 heterocycles. The Balaban J connectivity index is 2.08. The largest absolute Gasteiger partial charge is 0.263 e. The molecule has 3 heteroatoms. The Bertz CT molecular complexity index is 502. The summed E-state index contributed by atoms with van der Waals surface area (Å²) in [4.78, 5) is 4.21. The Kier molecular flexibility index (Phi) is 4.54. The van der Waals surface area contributed by atoms with Crippen molar-refractivity contribution in [3.63, 3.8) is 0 Å². The molecule has 0 N–H and O–H groups in total. The van der Waals surface area contributed by atoms with Crippen LogP contribution in [0.15, 0.2) is 22.9 Å². The Morgan fingerprint density at radius 3 is 2.50 bits per heavy atom. The zero-order valence-corrected chi connectivity index (χ0v) is 14.2. The van der Waals surface area contributed by atoms with E-state index in [1.165, 1.54) is 12.8 Å². The summed E-state index contributed by atoms with van der Waals surface area (Å²) in [6.07, 6.45) is 8.86. The van der Waals surface area contributed by atoms with Crippen LogP contribution in [0.4, 0.5) is 0 Å². The Hall–Kier alpha value is -0.880. The summed E-state index contributed by atoms with van der Waals surface area (Å²) >= 11 is 3.46. The highest BCUT2D eigenvalue weighted by atomic mass is 79.9. The fraction of sp³-hybridized carbons (Fsp3) is 0.647. The molecule has 108 valence electrons. The van der Waals surface area contributed by atoms with Crippen molar-refractivity contribution >= 4 is 15.9 Å². The van der Waals surface area contributed by atoms with E-state index in [1.807, 2.05) is 6.20 Å². The zero-order chi connectivity index (χ0) is 14.8. The highest BCUT2D eigenvalue weighted by Crippen LogP contribution is 2.46. The summed E-state index contributed by atoms with van der Waals surface area (Å²) in [5.74, 6) is 0.740. The summed E-state index contributed by atoms with van der Waals surface area (Å²) in [5, 5.41) is 9.68. The maximum absolute atomic E-state index is 9.68. The van der Waals surface area contributed by atoms with Crippen LogP contribution in [-0.4, -0.2) is 4.98 Å². The Morgan fingerprint density at radius 1 is 1.35 bits per heavy atom. The smallest absolute Gasteiger partial charge is 0.0693 e. The average Bonchev–Trinajstić information content (AvgIpc) is 2.38. The third-order valence-electron chi connectivity index (χ3n) is 4.71. The first-order valence-electron chi connectivity index (χ1n) is 7.35. The molecule has 20 heavy (non-hydrogen) atoms. The average molecular weight is 335 g/mol. The lowest BCUT2D eigenvalue weighted by Gasteiger charge is -2.40. The molecule has 1 aliphatic rings. The first-order chi connectivity index (χ1) is 9.35. The molecule has 0 atom stereocenters. The van der Waals surface area contributed by atoms with Gasteiger partial charge in [0, 0.05) is 16.9 Å². The van der Waals surface area contributed by atoms with Crippen molar-refractivity contribution in [1.82, 2.24) is 4.98 Å². The van der Waals surface area contributed by atoms with Gasteiger partial charge in [0.25, 0.3) is 0 Å². The quantitative estimate of drug-likeness (QED) is 0.751. The molecule has 0 spiro atoms. The van der Waals surface area contributed by atoms with Crippen LogP contribution in [0.5, 0.6) is 0 Å². The minimum Gasteiger partial charge on any atom is -0.263 e. The third kappa shape index (κ3) is 3.61. The van der Waals surface area contributed by atoms with Crippen molar-refractivity contribution < 1.29 is 0 Å². The van der Waals surface area contributed by atoms with Crippen molar-refractivity contribution in [2.75, 3.05) is 0 Å². The monoisotopic (exact) mass is 334 g/mol. The normalized spacial score (nSPS) is 27.1. The van der Waals surface area contributed by atoms with Crippen LogP contribution in [0.25, 0.3) is 0 Å². The van der Waals surface area contributed by atoms with Crippen LogP contribution in [0.2, 0.25) is 0 Å². The number of aromatic nitrogens is 1. The molecule has 0 saturated heterocycles. The number of nitrogens with zero attached hydrogens (tertiary/aromatic N) is 2. The van der Waals surface area contributed by atoms with E-state index in [0.717, 1.165) is 35.2 Å². The second kappa shape index (κ2) is 5.85. The Labute approximate surface area is 130 Å². The van der Waals surface area contributed by atoms with Gasteiger partial charge < -0.3 is 0 Å². The van der Waals surface area contributed by atoms with Gasteiger partial charge in [-0.3, -0.25) is 4.98 Å². The summed E-state index contributed by atoms with van der Waals surface area (Å²) in [7, 11) is 0. The highest BCUT2D eigenvalue weighted by molar-refractivity contribution is 9.10. The predicted octanol–water partition coefficient (Wildman–Crippen LogP) is 5.13. The second-order valence-electron chi connectivity index (χ2n) is 7.22.